The molecule has 2 aromatic rings. The summed E-state index contributed by atoms with van der Waals surface area (Å²) in [6.45, 7) is 2.06. The number of benzene rings is 2. The molecule has 0 saturated heterocycles. The Morgan fingerprint density at radius 3 is 2.41 bits per heavy atom. The molecule has 1 amide bonds. The number of carbonyl (C=O) groups is 1. The van der Waals surface area contributed by atoms with Gasteiger partial charge in [0.05, 0.1) is 11.6 Å². The third kappa shape index (κ3) is 3.54. The van der Waals surface area contributed by atoms with Crippen LogP contribution in [0.1, 0.15) is 36.8 Å². The molecule has 0 unspecified atom stereocenters. The van der Waals surface area contributed by atoms with Gasteiger partial charge in [0.2, 0.25) is 0 Å². The van der Waals surface area contributed by atoms with Crippen LogP contribution in [0.4, 0.5) is 0 Å². The molecule has 4 heteroatoms. The Hall–Kier alpha value is -2.10. The number of carbonyl (C=O) groups excluding carboxylic acids is 1. The van der Waals surface area contributed by atoms with Gasteiger partial charge in [-0.2, -0.15) is 0 Å². The quantitative estimate of drug-likeness (QED) is 0.797. The molecule has 140 valence electrons. The first-order valence-electron chi connectivity index (χ1n) is 9.45. The minimum atomic E-state index is -0.218. The monoisotopic (exact) mass is 381 g/mol. The van der Waals surface area contributed by atoms with Gasteiger partial charge in [-0.05, 0) is 79.1 Å². The molecule has 1 N–H and O–H groups in total. The van der Waals surface area contributed by atoms with Gasteiger partial charge in [0, 0.05) is 17.7 Å². The average Bonchev–Trinajstić information content (AvgIpc) is 2.99. The maximum atomic E-state index is 12.8. The van der Waals surface area contributed by atoms with E-state index >= 15 is 0 Å². The second-order valence-corrected chi connectivity index (χ2v) is 8.08. The van der Waals surface area contributed by atoms with Crippen molar-refractivity contribution in [1.29, 1.82) is 0 Å². The first kappa shape index (κ1) is 18.3. The average molecular weight is 382 g/mol. The van der Waals surface area contributed by atoms with Crippen LogP contribution in [0.5, 0.6) is 0 Å². The second-order valence-electron chi connectivity index (χ2n) is 7.64. The topological polar surface area (TPSA) is 38.3 Å². The Morgan fingerprint density at radius 2 is 1.74 bits per heavy atom. The van der Waals surface area contributed by atoms with Gasteiger partial charge < -0.3 is 10.1 Å². The predicted molar refractivity (Wildman–Crippen MR) is 110 cm³/mol. The van der Waals surface area contributed by atoms with Crippen LogP contribution in [0.3, 0.4) is 0 Å². The van der Waals surface area contributed by atoms with Crippen molar-refractivity contribution in [1.82, 2.24) is 5.32 Å². The summed E-state index contributed by atoms with van der Waals surface area (Å²) in [4.78, 5) is 12.8. The number of nitrogens with one attached hydrogen (secondary N) is 1. The van der Waals surface area contributed by atoms with E-state index in [-0.39, 0.29) is 11.4 Å². The highest BCUT2D eigenvalue weighted by atomic mass is 35.5. The number of rotatable bonds is 3. The minimum Gasteiger partial charge on any atom is -0.381 e. The van der Waals surface area contributed by atoms with Gasteiger partial charge in [-0.3, -0.25) is 4.79 Å². The Kier molecular flexibility index (Phi) is 4.83. The molecule has 0 aromatic heterocycles. The molecule has 0 bridgehead atoms. The third-order valence-corrected chi connectivity index (χ3v) is 6.14. The van der Waals surface area contributed by atoms with Crippen molar-refractivity contribution >= 4 is 23.1 Å². The molecular weight excluding hydrogens is 358 g/mol. The molecule has 1 saturated carbocycles. The fourth-order valence-corrected chi connectivity index (χ4v) is 4.34. The molecule has 2 aliphatic rings. The summed E-state index contributed by atoms with van der Waals surface area (Å²) in [5.41, 5.74) is 4.87. The highest BCUT2D eigenvalue weighted by Gasteiger charge is 2.41. The predicted octanol–water partition coefficient (Wildman–Crippen LogP) is 5.16. The number of hydrogen-bond donors (Lipinski definition) is 1. The van der Waals surface area contributed by atoms with Crippen LogP contribution in [0, 0.1) is 6.92 Å². The number of hydrogen-bond acceptors (Lipinski definition) is 2. The normalized spacial score (nSPS) is 24.8. The smallest absolute Gasteiger partial charge is 0.252 e. The Bertz CT molecular complexity index is 893. The van der Waals surface area contributed by atoms with E-state index in [1.165, 1.54) is 0 Å². The van der Waals surface area contributed by atoms with Gasteiger partial charge in [-0.25, -0.2) is 0 Å². The molecule has 1 spiro atoms. The number of amides is 1. The van der Waals surface area contributed by atoms with Crippen molar-refractivity contribution in [3.63, 3.8) is 0 Å². The lowest BCUT2D eigenvalue weighted by Crippen LogP contribution is -2.46. The lowest BCUT2D eigenvalue weighted by atomic mass is 9.80. The summed E-state index contributed by atoms with van der Waals surface area (Å²) in [6.07, 6.45) is 6.27. The van der Waals surface area contributed by atoms with Crippen molar-refractivity contribution in [2.45, 2.75) is 44.2 Å². The van der Waals surface area contributed by atoms with E-state index in [9.17, 15) is 4.79 Å². The molecule has 1 aliphatic carbocycles. The maximum absolute atomic E-state index is 12.8. The summed E-state index contributed by atoms with van der Waals surface area (Å²) >= 11 is 6.01. The second kappa shape index (κ2) is 7.14. The first-order valence-corrected chi connectivity index (χ1v) is 9.83. The van der Waals surface area contributed by atoms with Crippen molar-refractivity contribution in [3.05, 3.63) is 64.7 Å². The number of methoxy groups -OCH3 is 1. The summed E-state index contributed by atoms with van der Waals surface area (Å²) in [5.74, 6) is 0.0298. The lowest BCUT2D eigenvalue weighted by Gasteiger charge is -2.35. The van der Waals surface area contributed by atoms with E-state index < -0.39 is 0 Å². The van der Waals surface area contributed by atoms with Gasteiger partial charge in [0.1, 0.15) is 0 Å². The van der Waals surface area contributed by atoms with Gasteiger partial charge in [-0.15, -0.1) is 0 Å². The van der Waals surface area contributed by atoms with E-state index in [0.717, 1.165) is 58.5 Å². The van der Waals surface area contributed by atoms with Crippen molar-refractivity contribution < 1.29 is 9.53 Å². The van der Waals surface area contributed by atoms with E-state index in [1.807, 2.05) is 24.3 Å². The van der Waals surface area contributed by atoms with Crippen LogP contribution >= 0.6 is 11.6 Å². The molecule has 0 atom stereocenters. The van der Waals surface area contributed by atoms with Crippen LogP contribution in [0.15, 0.2) is 48.5 Å². The highest BCUT2D eigenvalue weighted by Crippen LogP contribution is 2.39. The van der Waals surface area contributed by atoms with E-state index in [0.29, 0.717) is 6.10 Å². The van der Waals surface area contributed by atoms with Crippen molar-refractivity contribution in [2.24, 2.45) is 0 Å². The Balaban J connectivity index is 1.68. The molecule has 1 fully saturated rings. The van der Waals surface area contributed by atoms with Crippen LogP contribution in [-0.2, 0) is 9.53 Å². The summed E-state index contributed by atoms with van der Waals surface area (Å²) in [5, 5.41) is 3.97. The van der Waals surface area contributed by atoms with Crippen LogP contribution in [0.2, 0.25) is 5.02 Å². The summed E-state index contributed by atoms with van der Waals surface area (Å²) in [7, 11) is 1.77. The van der Waals surface area contributed by atoms with E-state index in [2.05, 4.69) is 36.5 Å². The van der Waals surface area contributed by atoms with Crippen molar-refractivity contribution in [3.8, 4) is 11.1 Å². The molecule has 3 nitrogen and oxygen atoms in total. The highest BCUT2D eigenvalue weighted by molar-refractivity contribution is 6.30. The van der Waals surface area contributed by atoms with E-state index in [1.54, 1.807) is 7.11 Å². The van der Waals surface area contributed by atoms with Gasteiger partial charge in [0.25, 0.3) is 5.91 Å². The molecule has 2 aromatic carbocycles. The zero-order valence-corrected chi connectivity index (χ0v) is 16.5. The first-order chi connectivity index (χ1) is 13.0. The van der Waals surface area contributed by atoms with Crippen LogP contribution in [-0.4, -0.2) is 24.7 Å². The molecular formula is C23H24ClNO2. The number of ether oxygens (including phenoxy) is 1. The summed E-state index contributed by atoms with van der Waals surface area (Å²) in [6, 6.07) is 14.1. The number of aryl methyl sites for hydroxylation is 1. The number of halogens is 1. The standard InChI is InChI=1S/C23H24ClNO2/c1-15-3-4-17(16-5-7-18(24)8-6-16)13-20(15)21-14-23(25-22(21)26)11-9-19(27-2)10-12-23/h3-8,13-14,19H,9-12H2,1-2H3,(H,25,26). The lowest BCUT2D eigenvalue weighted by molar-refractivity contribution is -0.116. The van der Waals surface area contributed by atoms with Crippen LogP contribution < -0.4 is 5.32 Å². The molecule has 0 radical (unpaired) electrons. The van der Waals surface area contributed by atoms with E-state index in [4.69, 9.17) is 16.3 Å². The van der Waals surface area contributed by atoms with Crippen LogP contribution in [0.25, 0.3) is 16.7 Å². The third-order valence-electron chi connectivity index (χ3n) is 5.89. The molecule has 27 heavy (non-hydrogen) atoms. The molecule has 1 heterocycles. The zero-order chi connectivity index (χ0) is 19.0. The molecule has 4 rings (SSSR count). The Labute approximate surface area is 165 Å². The SMILES string of the molecule is COC1CCC2(C=C(c3cc(-c4ccc(Cl)cc4)ccc3C)C(=O)N2)CC1. The van der Waals surface area contributed by atoms with Gasteiger partial charge in [0.15, 0.2) is 0 Å². The van der Waals surface area contributed by atoms with Crippen molar-refractivity contribution in [2.75, 3.05) is 7.11 Å². The van der Waals surface area contributed by atoms with Gasteiger partial charge in [-0.1, -0.05) is 35.9 Å². The Morgan fingerprint density at radius 1 is 1.07 bits per heavy atom. The summed E-state index contributed by atoms with van der Waals surface area (Å²) < 4.78 is 5.48. The fourth-order valence-electron chi connectivity index (χ4n) is 4.22. The van der Waals surface area contributed by atoms with Gasteiger partial charge >= 0.3 is 0 Å². The maximum Gasteiger partial charge on any atom is 0.252 e. The minimum absolute atomic E-state index is 0.0298. The zero-order valence-electron chi connectivity index (χ0n) is 15.7. The molecule has 1 aliphatic heterocycles. The largest absolute Gasteiger partial charge is 0.381 e. The fraction of sp³-hybridized carbons (Fsp3) is 0.348.